The lowest BCUT2D eigenvalue weighted by molar-refractivity contribution is -0.120. The fourth-order valence-corrected chi connectivity index (χ4v) is 1.45. The van der Waals surface area contributed by atoms with Crippen LogP contribution in [-0.4, -0.2) is 38.7 Å². The van der Waals surface area contributed by atoms with Gasteiger partial charge in [-0.3, -0.25) is 10.2 Å². The predicted octanol–water partition coefficient (Wildman–Crippen LogP) is 1.61. The number of hydrogen-bond acceptors (Lipinski definition) is 5. The second-order valence-electron chi connectivity index (χ2n) is 4.31. The highest BCUT2D eigenvalue weighted by molar-refractivity contribution is 5.95. The molecule has 0 saturated heterocycles. The van der Waals surface area contributed by atoms with E-state index < -0.39 is 0 Å². The normalized spacial score (nSPS) is 10.3. The largest absolute Gasteiger partial charge is 0.481 e. The van der Waals surface area contributed by atoms with Crippen LogP contribution in [0.2, 0.25) is 0 Å². The van der Waals surface area contributed by atoms with Crippen molar-refractivity contribution in [2.24, 2.45) is 5.10 Å². The van der Waals surface area contributed by atoms with Crippen LogP contribution in [0.5, 0.6) is 0 Å². The summed E-state index contributed by atoms with van der Waals surface area (Å²) in [5, 5.41) is 11.2. The molecule has 0 atom stereocenters. The quantitative estimate of drug-likeness (QED) is 0.470. The Bertz CT molecular complexity index is 480. The molecule has 1 aromatic carbocycles. The van der Waals surface area contributed by atoms with E-state index >= 15 is 0 Å². The molecule has 0 aromatic heterocycles. The van der Waals surface area contributed by atoms with Crippen molar-refractivity contribution in [3.63, 3.8) is 0 Å². The van der Waals surface area contributed by atoms with E-state index in [1.54, 1.807) is 13.1 Å². The van der Waals surface area contributed by atoms with Gasteiger partial charge in [0.2, 0.25) is 5.91 Å². The summed E-state index contributed by atoms with van der Waals surface area (Å²) in [6.45, 7) is 2.15. The van der Waals surface area contributed by atoms with Gasteiger partial charge in [0.1, 0.15) is 6.42 Å². The molecule has 6 heteroatoms. The number of hydrazone groups is 1. The number of carbonyl (C=O) groups excluding carboxylic acids is 1. The maximum Gasteiger partial charge on any atom is 0.249 e. The highest BCUT2D eigenvalue weighted by Crippen LogP contribution is 2.10. The molecule has 0 heterocycles. The third-order valence-electron chi connectivity index (χ3n) is 2.45. The Labute approximate surface area is 118 Å². The van der Waals surface area contributed by atoms with Crippen LogP contribution in [0.25, 0.3) is 0 Å². The minimum atomic E-state index is -0.371. The third-order valence-corrected chi connectivity index (χ3v) is 2.45. The average Bonchev–Trinajstić information content (AvgIpc) is 2.39. The second kappa shape index (κ2) is 7.93. The Morgan fingerprint density at radius 2 is 2.05 bits per heavy atom. The van der Waals surface area contributed by atoms with Crippen LogP contribution in [0.4, 0.5) is 5.69 Å². The van der Waals surface area contributed by atoms with Crippen LogP contribution in [0.1, 0.15) is 18.9 Å². The monoisotopic (exact) mass is 276 g/mol. The molecule has 0 spiro atoms. The van der Waals surface area contributed by atoms with Crippen molar-refractivity contribution in [3.8, 4) is 0 Å². The highest BCUT2D eigenvalue weighted by Gasteiger charge is 2.04. The molecule has 0 saturated carbocycles. The topological polar surface area (TPSA) is 77.8 Å². The van der Waals surface area contributed by atoms with E-state index in [1.807, 2.05) is 43.3 Å². The Morgan fingerprint density at radius 1 is 1.40 bits per heavy atom. The van der Waals surface area contributed by atoms with E-state index in [0.717, 1.165) is 11.3 Å². The number of carbonyl (C=O) groups is 1. The number of ether oxygens (including phenoxy) is 1. The van der Waals surface area contributed by atoms with Gasteiger partial charge in [-0.15, -0.1) is 0 Å². The first-order valence-electron chi connectivity index (χ1n) is 6.32. The third kappa shape index (κ3) is 5.51. The van der Waals surface area contributed by atoms with Crippen LogP contribution in [0.15, 0.2) is 29.4 Å². The van der Waals surface area contributed by atoms with Gasteiger partial charge in [0.25, 0.3) is 0 Å². The summed E-state index contributed by atoms with van der Waals surface area (Å²) in [6.07, 6.45) is 1.45. The van der Waals surface area contributed by atoms with Crippen LogP contribution in [0, 0.1) is 5.41 Å². The average molecular weight is 276 g/mol. The first-order chi connectivity index (χ1) is 9.52. The maximum atomic E-state index is 11.4. The van der Waals surface area contributed by atoms with E-state index in [2.05, 4.69) is 10.5 Å². The lowest BCUT2D eigenvalue weighted by Crippen LogP contribution is -2.21. The second-order valence-corrected chi connectivity index (χ2v) is 4.31. The maximum absolute atomic E-state index is 11.4. The van der Waals surface area contributed by atoms with Crippen LogP contribution >= 0.6 is 0 Å². The summed E-state index contributed by atoms with van der Waals surface area (Å²) in [7, 11) is 3.94. The SMILES string of the molecule is CCOC(=N)CC(=O)N/N=C\c1ccc(N(C)C)cc1. The van der Waals surface area contributed by atoms with Crippen molar-refractivity contribution < 1.29 is 9.53 Å². The van der Waals surface area contributed by atoms with Gasteiger partial charge in [-0.25, -0.2) is 5.43 Å². The molecule has 0 radical (unpaired) electrons. The van der Waals surface area contributed by atoms with E-state index in [4.69, 9.17) is 10.1 Å². The van der Waals surface area contributed by atoms with Gasteiger partial charge in [0.05, 0.1) is 12.8 Å². The molecular weight excluding hydrogens is 256 g/mol. The zero-order valence-electron chi connectivity index (χ0n) is 12.0. The van der Waals surface area contributed by atoms with Crippen molar-refractivity contribution in [2.45, 2.75) is 13.3 Å². The van der Waals surface area contributed by atoms with Gasteiger partial charge in [-0.05, 0) is 24.6 Å². The Balaban J connectivity index is 2.44. The molecule has 0 aliphatic carbocycles. The van der Waals surface area contributed by atoms with Gasteiger partial charge < -0.3 is 9.64 Å². The van der Waals surface area contributed by atoms with Crippen LogP contribution in [-0.2, 0) is 9.53 Å². The first-order valence-corrected chi connectivity index (χ1v) is 6.32. The van der Waals surface area contributed by atoms with Gasteiger partial charge in [0.15, 0.2) is 5.90 Å². The number of hydrogen-bond donors (Lipinski definition) is 2. The summed E-state index contributed by atoms with van der Waals surface area (Å²) >= 11 is 0. The van der Waals surface area contributed by atoms with Crippen molar-refractivity contribution in [3.05, 3.63) is 29.8 Å². The van der Waals surface area contributed by atoms with Gasteiger partial charge in [0, 0.05) is 19.8 Å². The molecule has 1 amide bonds. The molecule has 20 heavy (non-hydrogen) atoms. The molecular formula is C14H20N4O2. The molecule has 0 unspecified atom stereocenters. The first kappa shape index (κ1) is 15.7. The van der Waals surface area contributed by atoms with Crippen molar-refractivity contribution in [2.75, 3.05) is 25.6 Å². The van der Waals surface area contributed by atoms with Gasteiger partial charge in [-0.1, -0.05) is 12.1 Å². The number of amides is 1. The number of nitrogens with one attached hydrogen (secondary N) is 2. The summed E-state index contributed by atoms with van der Waals surface area (Å²) < 4.78 is 4.88. The van der Waals surface area contributed by atoms with Crippen LogP contribution < -0.4 is 10.3 Å². The van der Waals surface area contributed by atoms with Crippen molar-refractivity contribution in [1.82, 2.24) is 5.43 Å². The Hall–Kier alpha value is -2.37. The predicted molar refractivity (Wildman–Crippen MR) is 80.5 cm³/mol. The zero-order chi connectivity index (χ0) is 15.0. The Morgan fingerprint density at radius 3 is 2.60 bits per heavy atom. The molecule has 1 rings (SSSR count). The fourth-order valence-electron chi connectivity index (χ4n) is 1.45. The summed E-state index contributed by atoms with van der Waals surface area (Å²) in [5.41, 5.74) is 4.34. The number of anilines is 1. The van der Waals surface area contributed by atoms with Gasteiger partial charge >= 0.3 is 0 Å². The lowest BCUT2D eigenvalue weighted by atomic mass is 10.2. The van der Waals surface area contributed by atoms with E-state index in [0.29, 0.717) is 6.61 Å². The molecule has 1 aromatic rings. The molecule has 0 fully saturated rings. The number of nitrogens with zero attached hydrogens (tertiary/aromatic N) is 2. The van der Waals surface area contributed by atoms with Crippen molar-refractivity contribution in [1.29, 1.82) is 5.41 Å². The standard InChI is InChI=1S/C14H20N4O2/c1-4-20-13(15)9-14(19)17-16-10-11-5-7-12(8-6-11)18(2)3/h5-8,10,15H,4,9H2,1-3H3,(H,17,19)/b15-13?,16-10-. The smallest absolute Gasteiger partial charge is 0.249 e. The minimum absolute atomic E-state index is 0.0597. The molecule has 0 aliphatic rings. The number of rotatable bonds is 6. The molecule has 0 bridgehead atoms. The van der Waals surface area contributed by atoms with Gasteiger partial charge in [-0.2, -0.15) is 5.10 Å². The van der Waals surface area contributed by atoms with E-state index in [-0.39, 0.29) is 18.2 Å². The molecule has 6 nitrogen and oxygen atoms in total. The van der Waals surface area contributed by atoms with Crippen LogP contribution in [0.3, 0.4) is 0 Å². The highest BCUT2D eigenvalue weighted by atomic mass is 16.5. The molecule has 0 aliphatic heterocycles. The summed E-state index contributed by atoms with van der Waals surface area (Å²) in [6, 6.07) is 7.75. The molecule has 108 valence electrons. The zero-order valence-corrected chi connectivity index (χ0v) is 12.0. The van der Waals surface area contributed by atoms with E-state index in [9.17, 15) is 4.79 Å². The fraction of sp³-hybridized carbons (Fsp3) is 0.357. The Kier molecular flexibility index (Phi) is 6.22. The summed E-state index contributed by atoms with van der Waals surface area (Å²) in [4.78, 5) is 13.4. The molecule has 2 N–H and O–H groups in total. The van der Waals surface area contributed by atoms with E-state index in [1.165, 1.54) is 0 Å². The van der Waals surface area contributed by atoms with Crippen molar-refractivity contribution >= 4 is 23.7 Å². The lowest BCUT2D eigenvalue weighted by Gasteiger charge is -2.11. The minimum Gasteiger partial charge on any atom is -0.481 e. The summed E-state index contributed by atoms with van der Waals surface area (Å²) in [5.74, 6) is -0.430. The number of benzene rings is 1.